The summed E-state index contributed by atoms with van der Waals surface area (Å²) in [6.45, 7) is 8.34. The highest BCUT2D eigenvalue weighted by Gasteiger charge is 2.23. The van der Waals surface area contributed by atoms with E-state index in [0.29, 0.717) is 12.2 Å². The average Bonchev–Trinajstić information content (AvgIpc) is 2.64. The van der Waals surface area contributed by atoms with Crippen molar-refractivity contribution in [3.05, 3.63) is 60.8 Å². The summed E-state index contributed by atoms with van der Waals surface area (Å²) in [4.78, 5) is 12.0. The molecule has 0 fully saturated rings. The molecular formula is C25H40O. The monoisotopic (exact) mass is 356 g/mol. The molecule has 1 heteroatoms. The van der Waals surface area contributed by atoms with Crippen LogP contribution in [0.2, 0.25) is 0 Å². The van der Waals surface area contributed by atoms with Crippen molar-refractivity contribution in [1.29, 1.82) is 0 Å². The third-order valence-corrected chi connectivity index (χ3v) is 4.57. The number of unbranched alkanes of at least 4 members (excludes halogenated alkanes) is 1. The van der Waals surface area contributed by atoms with Gasteiger partial charge in [-0.2, -0.15) is 0 Å². The molecule has 0 aliphatic heterocycles. The summed E-state index contributed by atoms with van der Waals surface area (Å²) >= 11 is 0. The number of Topliss-reactive ketones (excluding diaryl/α,β-unsaturated/α-hetero) is 1. The minimum absolute atomic E-state index is 0.151. The minimum Gasteiger partial charge on any atom is -0.299 e. The van der Waals surface area contributed by atoms with Crippen molar-refractivity contribution in [3.63, 3.8) is 0 Å². The fourth-order valence-corrected chi connectivity index (χ4v) is 2.28. The SMILES string of the molecule is CC/C=C\C/C=C\C/C=C\C/C=C\C/C=C\CCCC(=O)C(C)(C)CC. The van der Waals surface area contributed by atoms with Gasteiger partial charge in [-0.15, -0.1) is 0 Å². The first-order valence-electron chi connectivity index (χ1n) is 10.3. The zero-order valence-corrected chi connectivity index (χ0v) is 17.5. The van der Waals surface area contributed by atoms with Crippen LogP contribution in [-0.4, -0.2) is 5.78 Å². The molecule has 26 heavy (non-hydrogen) atoms. The first kappa shape index (κ1) is 24.4. The minimum atomic E-state index is -0.151. The molecule has 0 aromatic carbocycles. The Morgan fingerprint density at radius 1 is 0.692 bits per heavy atom. The first-order valence-corrected chi connectivity index (χ1v) is 10.3. The molecule has 0 unspecified atom stereocenters. The van der Waals surface area contributed by atoms with Gasteiger partial charge in [0.05, 0.1) is 0 Å². The highest BCUT2D eigenvalue weighted by molar-refractivity contribution is 5.83. The lowest BCUT2D eigenvalue weighted by molar-refractivity contribution is -0.127. The van der Waals surface area contributed by atoms with Crippen LogP contribution in [-0.2, 0) is 4.79 Å². The Hall–Kier alpha value is -1.63. The number of allylic oxidation sites excluding steroid dienone is 10. The molecule has 1 nitrogen and oxygen atoms in total. The predicted molar refractivity (Wildman–Crippen MR) is 117 cm³/mol. The van der Waals surface area contributed by atoms with Crippen LogP contribution in [0.3, 0.4) is 0 Å². The van der Waals surface area contributed by atoms with Crippen molar-refractivity contribution in [2.24, 2.45) is 5.41 Å². The lowest BCUT2D eigenvalue weighted by Gasteiger charge is -2.20. The Labute approximate surface area is 162 Å². The standard InChI is InChI=1S/C25H40O/c1-5-7-8-9-10-11-12-13-14-15-16-17-18-19-20-21-22-23-24(26)25(3,4)6-2/h7-8,10-11,13-14,16-17,19-20H,5-6,9,12,15,18,21-23H2,1-4H3/b8-7-,11-10-,14-13-,17-16-,20-19-. The number of ketones is 1. The summed E-state index contributed by atoms with van der Waals surface area (Å²) in [5.41, 5.74) is -0.151. The summed E-state index contributed by atoms with van der Waals surface area (Å²) < 4.78 is 0. The van der Waals surface area contributed by atoms with Gasteiger partial charge in [-0.25, -0.2) is 0 Å². The third-order valence-electron chi connectivity index (χ3n) is 4.57. The van der Waals surface area contributed by atoms with E-state index >= 15 is 0 Å². The van der Waals surface area contributed by atoms with E-state index in [4.69, 9.17) is 0 Å². The first-order chi connectivity index (χ1) is 12.5. The second-order valence-electron chi connectivity index (χ2n) is 7.26. The topological polar surface area (TPSA) is 17.1 Å². The molecule has 0 aromatic heterocycles. The smallest absolute Gasteiger partial charge is 0.138 e. The highest BCUT2D eigenvalue weighted by Crippen LogP contribution is 2.23. The summed E-state index contributed by atoms with van der Waals surface area (Å²) in [6, 6.07) is 0. The fraction of sp³-hybridized carbons (Fsp3) is 0.560. The number of hydrogen-bond donors (Lipinski definition) is 0. The van der Waals surface area contributed by atoms with Gasteiger partial charge in [0.2, 0.25) is 0 Å². The quantitative estimate of drug-likeness (QED) is 0.215. The molecule has 0 heterocycles. The zero-order valence-electron chi connectivity index (χ0n) is 17.5. The molecule has 0 atom stereocenters. The molecule has 0 spiro atoms. The second-order valence-corrected chi connectivity index (χ2v) is 7.26. The van der Waals surface area contributed by atoms with Crippen molar-refractivity contribution in [1.82, 2.24) is 0 Å². The molecular weight excluding hydrogens is 316 g/mol. The van der Waals surface area contributed by atoms with Crippen molar-refractivity contribution < 1.29 is 4.79 Å². The van der Waals surface area contributed by atoms with Crippen LogP contribution in [0, 0.1) is 5.41 Å². The predicted octanol–water partition coefficient (Wildman–Crippen LogP) is 7.91. The van der Waals surface area contributed by atoms with E-state index in [1.54, 1.807) is 0 Å². The van der Waals surface area contributed by atoms with Crippen molar-refractivity contribution in [2.45, 2.75) is 85.5 Å². The van der Waals surface area contributed by atoms with Crippen LogP contribution in [0.4, 0.5) is 0 Å². The van der Waals surface area contributed by atoms with E-state index in [1.807, 2.05) is 13.8 Å². The van der Waals surface area contributed by atoms with E-state index in [9.17, 15) is 4.79 Å². The van der Waals surface area contributed by atoms with Crippen LogP contribution >= 0.6 is 0 Å². The van der Waals surface area contributed by atoms with Gasteiger partial charge in [-0.05, 0) is 51.4 Å². The van der Waals surface area contributed by atoms with Gasteiger partial charge in [-0.1, -0.05) is 88.5 Å². The molecule has 0 N–H and O–H groups in total. The molecule has 0 saturated carbocycles. The van der Waals surface area contributed by atoms with Crippen LogP contribution in [0.15, 0.2) is 60.8 Å². The maximum absolute atomic E-state index is 12.0. The molecule has 0 rings (SSSR count). The van der Waals surface area contributed by atoms with E-state index in [-0.39, 0.29) is 5.41 Å². The van der Waals surface area contributed by atoms with Gasteiger partial charge >= 0.3 is 0 Å². The largest absolute Gasteiger partial charge is 0.299 e. The maximum atomic E-state index is 12.0. The summed E-state index contributed by atoms with van der Waals surface area (Å²) in [6.07, 6.45) is 30.8. The van der Waals surface area contributed by atoms with Gasteiger partial charge in [0, 0.05) is 11.8 Å². The lowest BCUT2D eigenvalue weighted by Crippen LogP contribution is -2.22. The third kappa shape index (κ3) is 14.7. The average molecular weight is 357 g/mol. The van der Waals surface area contributed by atoms with Crippen LogP contribution in [0.1, 0.15) is 85.5 Å². The molecule has 0 aromatic rings. The number of rotatable bonds is 15. The molecule has 0 aliphatic carbocycles. The van der Waals surface area contributed by atoms with Crippen LogP contribution in [0.5, 0.6) is 0 Å². The lowest BCUT2D eigenvalue weighted by atomic mass is 9.83. The van der Waals surface area contributed by atoms with Gasteiger partial charge in [-0.3, -0.25) is 4.79 Å². The van der Waals surface area contributed by atoms with E-state index in [0.717, 1.165) is 51.4 Å². The Morgan fingerprint density at radius 2 is 1.12 bits per heavy atom. The normalized spacial score (nSPS) is 13.4. The Bertz CT molecular complexity index is 486. The van der Waals surface area contributed by atoms with Gasteiger partial charge in [0.1, 0.15) is 5.78 Å². The Morgan fingerprint density at radius 3 is 1.54 bits per heavy atom. The van der Waals surface area contributed by atoms with Crippen LogP contribution < -0.4 is 0 Å². The molecule has 0 bridgehead atoms. The summed E-state index contributed by atoms with van der Waals surface area (Å²) in [5, 5.41) is 0. The molecule has 0 amide bonds. The number of carbonyl (C=O) groups is 1. The molecule has 0 aliphatic rings. The van der Waals surface area contributed by atoms with Crippen molar-refractivity contribution in [2.75, 3.05) is 0 Å². The summed E-state index contributed by atoms with van der Waals surface area (Å²) in [5.74, 6) is 0.396. The van der Waals surface area contributed by atoms with E-state index in [1.165, 1.54) is 0 Å². The molecule has 0 saturated heterocycles. The second kappa shape index (κ2) is 16.8. The Balaban J connectivity index is 3.63. The molecule has 0 radical (unpaired) electrons. The summed E-state index contributed by atoms with van der Waals surface area (Å²) in [7, 11) is 0. The maximum Gasteiger partial charge on any atom is 0.138 e. The van der Waals surface area contributed by atoms with Gasteiger partial charge in [0.25, 0.3) is 0 Å². The van der Waals surface area contributed by atoms with E-state index < -0.39 is 0 Å². The number of carbonyl (C=O) groups excluding carboxylic acids is 1. The van der Waals surface area contributed by atoms with Crippen molar-refractivity contribution in [3.8, 4) is 0 Å². The van der Waals surface area contributed by atoms with Gasteiger partial charge in [0.15, 0.2) is 0 Å². The highest BCUT2D eigenvalue weighted by atomic mass is 16.1. The zero-order chi connectivity index (χ0) is 19.5. The van der Waals surface area contributed by atoms with Crippen molar-refractivity contribution >= 4 is 5.78 Å². The fourth-order valence-electron chi connectivity index (χ4n) is 2.28. The van der Waals surface area contributed by atoms with E-state index in [2.05, 4.69) is 74.6 Å². The molecule has 146 valence electrons. The number of hydrogen-bond acceptors (Lipinski definition) is 1. The Kier molecular flexibility index (Phi) is 15.8. The van der Waals surface area contributed by atoms with Gasteiger partial charge < -0.3 is 0 Å². The van der Waals surface area contributed by atoms with Crippen LogP contribution in [0.25, 0.3) is 0 Å².